The lowest BCUT2D eigenvalue weighted by Crippen LogP contribution is -2.30. The van der Waals surface area contributed by atoms with Crippen LogP contribution >= 0.6 is 15.6 Å². The molecule has 0 spiro atoms. The molecule has 0 amide bonds. The summed E-state index contributed by atoms with van der Waals surface area (Å²) in [6.45, 7) is 4.47. The number of carbonyl (C=O) groups excluding carboxylic acids is 4. The second-order valence-electron chi connectivity index (χ2n) is 25.2. The van der Waals surface area contributed by atoms with Crippen LogP contribution in [0.25, 0.3) is 0 Å². The van der Waals surface area contributed by atoms with Gasteiger partial charge < -0.3 is 33.8 Å². The van der Waals surface area contributed by atoms with Gasteiger partial charge >= 0.3 is 39.5 Å². The van der Waals surface area contributed by atoms with E-state index in [0.29, 0.717) is 25.7 Å². The molecule has 0 aliphatic heterocycles. The Bertz CT molecular complexity index is 2420. The van der Waals surface area contributed by atoms with Crippen molar-refractivity contribution >= 4 is 39.5 Å². The molecule has 572 valence electrons. The molecule has 0 aliphatic carbocycles. The SMILES string of the molecule is CC/C=C\C/C=C\C/C=C\C/C=C\CCCCCCCCC(=O)OCC(COP(=O)(O)OCC(O)COP(=O)(O)OCC(COC(=O)CCCCCC/C=C\C/C=C\C/C=C\C/C=C\CC)OC(=O)CCCCCCC/C=C\CCCC)OC(=O)CCCCCCC/C=C\C/C=C\CCC. The first-order valence-electron chi connectivity index (χ1n) is 38.4. The standard InChI is InChI=1S/C81H136O17P2/c1-5-9-13-17-21-25-29-32-34-36-37-39-41-44-47-50-54-58-62-66-79(84)92-72-77(98-81(86)68-64-60-56-52-48-42-31-27-23-19-15-11-7-3)74-96-100(89,90)94-70-75(82)69-93-99(87,88)95-73-76(97-80(85)67-63-59-55-51-45-28-24-20-16-12-8-4)71-91-78(83)65-61-57-53-49-46-43-40-38-35-33-30-26-22-18-14-10-6-2/h9-10,13-15,19-22,24-27,31-35,37,39-40,43,75-77,82H,5-8,11-12,16-18,23,28-30,36,38,41-42,44-74H2,1-4H3,(H,87,88)(H,89,90)/b13-9-,14-10-,19-15-,24-20-,25-21-,26-22-,31-27-,34-32-,35-33-,39-37-,43-40-. The molecule has 5 unspecified atom stereocenters. The van der Waals surface area contributed by atoms with Crippen molar-refractivity contribution in [1.82, 2.24) is 0 Å². The van der Waals surface area contributed by atoms with Gasteiger partial charge in [0.05, 0.1) is 26.4 Å². The molecule has 0 aromatic heterocycles. The fourth-order valence-corrected chi connectivity index (χ4v) is 11.3. The van der Waals surface area contributed by atoms with Gasteiger partial charge in [0.25, 0.3) is 0 Å². The number of hydrogen-bond donors (Lipinski definition) is 3. The Balaban J connectivity index is 5.35. The third kappa shape index (κ3) is 71.6. The third-order valence-electron chi connectivity index (χ3n) is 15.6. The van der Waals surface area contributed by atoms with Crippen LogP contribution in [0, 0.1) is 0 Å². The van der Waals surface area contributed by atoms with Crippen LogP contribution in [0.1, 0.15) is 297 Å². The van der Waals surface area contributed by atoms with Gasteiger partial charge in [-0.3, -0.25) is 37.3 Å². The van der Waals surface area contributed by atoms with Crippen molar-refractivity contribution in [3.8, 4) is 0 Å². The van der Waals surface area contributed by atoms with Gasteiger partial charge in [0.2, 0.25) is 0 Å². The average Bonchev–Trinajstić information content (AvgIpc) is 0.940. The zero-order chi connectivity index (χ0) is 73.2. The predicted molar refractivity (Wildman–Crippen MR) is 408 cm³/mol. The molecule has 0 saturated heterocycles. The Hall–Kier alpha value is -4.80. The minimum absolute atomic E-state index is 0.0718. The largest absolute Gasteiger partial charge is 0.472 e. The van der Waals surface area contributed by atoms with Crippen molar-refractivity contribution in [2.45, 2.75) is 316 Å². The molecule has 100 heavy (non-hydrogen) atoms. The molecule has 0 aromatic carbocycles. The number of aliphatic hydroxyl groups excluding tert-OH is 1. The first kappa shape index (κ1) is 95.2. The first-order valence-corrected chi connectivity index (χ1v) is 41.4. The van der Waals surface area contributed by atoms with E-state index in [-0.39, 0.29) is 25.7 Å². The first-order chi connectivity index (χ1) is 48.7. The van der Waals surface area contributed by atoms with E-state index < -0.39 is 97.5 Å². The fourth-order valence-electron chi connectivity index (χ4n) is 9.75. The number of carbonyl (C=O) groups is 4. The number of phosphoric ester groups is 2. The number of allylic oxidation sites excluding steroid dienone is 22. The fraction of sp³-hybridized carbons (Fsp3) is 0.679. The Labute approximate surface area is 605 Å². The van der Waals surface area contributed by atoms with Crippen molar-refractivity contribution in [3.05, 3.63) is 134 Å². The number of esters is 4. The Morgan fingerprint density at radius 1 is 0.290 bits per heavy atom. The topological polar surface area (TPSA) is 237 Å². The monoisotopic (exact) mass is 1440 g/mol. The molecule has 19 heteroatoms. The summed E-state index contributed by atoms with van der Waals surface area (Å²) in [6.07, 6.45) is 80.2. The highest BCUT2D eigenvalue weighted by Gasteiger charge is 2.30. The average molecular weight is 1440 g/mol. The van der Waals surface area contributed by atoms with Gasteiger partial charge in [-0.25, -0.2) is 9.13 Å². The molecule has 0 saturated carbocycles. The summed E-state index contributed by atoms with van der Waals surface area (Å²) in [7, 11) is -9.97. The lowest BCUT2D eigenvalue weighted by molar-refractivity contribution is -0.161. The van der Waals surface area contributed by atoms with Gasteiger partial charge in [-0.2, -0.15) is 0 Å². The summed E-state index contributed by atoms with van der Waals surface area (Å²) in [6, 6.07) is 0. The number of aliphatic hydroxyl groups is 1. The molecule has 3 N–H and O–H groups in total. The van der Waals surface area contributed by atoms with E-state index in [1.54, 1.807) is 0 Å². The van der Waals surface area contributed by atoms with E-state index in [1.807, 2.05) is 0 Å². The Kier molecular flexibility index (Phi) is 69.1. The summed E-state index contributed by atoms with van der Waals surface area (Å²) in [5, 5.41) is 10.6. The number of unbranched alkanes of at least 4 members (excludes halogenated alkanes) is 23. The van der Waals surface area contributed by atoms with Crippen LogP contribution in [0.5, 0.6) is 0 Å². The van der Waals surface area contributed by atoms with E-state index >= 15 is 0 Å². The zero-order valence-corrected chi connectivity index (χ0v) is 64.1. The minimum Gasteiger partial charge on any atom is -0.462 e. The van der Waals surface area contributed by atoms with E-state index in [2.05, 4.69) is 161 Å². The van der Waals surface area contributed by atoms with Crippen molar-refractivity contribution in [2.24, 2.45) is 0 Å². The Morgan fingerprint density at radius 2 is 0.540 bits per heavy atom. The molecular weight excluding hydrogens is 1310 g/mol. The quantitative estimate of drug-likeness (QED) is 0.0169. The third-order valence-corrected chi connectivity index (χ3v) is 17.5. The molecule has 0 heterocycles. The number of hydrogen-bond acceptors (Lipinski definition) is 15. The molecule has 0 rings (SSSR count). The number of rotatable bonds is 71. The summed E-state index contributed by atoms with van der Waals surface area (Å²) < 4.78 is 68.4. The van der Waals surface area contributed by atoms with Gasteiger partial charge in [0.1, 0.15) is 19.3 Å². The van der Waals surface area contributed by atoms with E-state index in [9.17, 15) is 43.2 Å². The second-order valence-corrected chi connectivity index (χ2v) is 28.1. The maximum atomic E-state index is 13.1. The van der Waals surface area contributed by atoms with Gasteiger partial charge in [-0.15, -0.1) is 0 Å². The molecule has 0 bridgehead atoms. The van der Waals surface area contributed by atoms with Crippen molar-refractivity contribution in [1.29, 1.82) is 0 Å². The van der Waals surface area contributed by atoms with E-state index in [0.717, 1.165) is 205 Å². The van der Waals surface area contributed by atoms with Crippen LogP contribution in [0.3, 0.4) is 0 Å². The molecule has 0 fully saturated rings. The van der Waals surface area contributed by atoms with Crippen LogP contribution in [0.4, 0.5) is 0 Å². The lowest BCUT2D eigenvalue weighted by atomic mass is 10.1. The van der Waals surface area contributed by atoms with Crippen molar-refractivity contribution in [3.63, 3.8) is 0 Å². The summed E-state index contributed by atoms with van der Waals surface area (Å²) in [5.41, 5.74) is 0. The molecule has 5 atom stereocenters. The number of ether oxygens (including phenoxy) is 4. The van der Waals surface area contributed by atoms with Crippen LogP contribution in [0.15, 0.2) is 134 Å². The van der Waals surface area contributed by atoms with Crippen LogP contribution in [0.2, 0.25) is 0 Å². The maximum absolute atomic E-state index is 13.1. The maximum Gasteiger partial charge on any atom is 0.472 e. The highest BCUT2D eigenvalue weighted by Crippen LogP contribution is 2.45. The Morgan fingerprint density at radius 3 is 0.850 bits per heavy atom. The summed E-state index contributed by atoms with van der Waals surface area (Å²) in [5.74, 6) is -2.24. The van der Waals surface area contributed by atoms with E-state index in [1.165, 1.54) is 12.8 Å². The predicted octanol–water partition coefficient (Wildman–Crippen LogP) is 22.1. The highest BCUT2D eigenvalue weighted by molar-refractivity contribution is 7.47. The summed E-state index contributed by atoms with van der Waals surface area (Å²) in [4.78, 5) is 72.8. The zero-order valence-electron chi connectivity index (χ0n) is 62.3. The van der Waals surface area contributed by atoms with E-state index in [4.69, 9.17) is 37.0 Å². The molecule has 0 aliphatic rings. The molecular formula is C81H136O17P2. The minimum atomic E-state index is -4.99. The molecule has 0 radical (unpaired) electrons. The number of phosphoric acid groups is 2. The second kappa shape index (κ2) is 72.5. The molecule has 0 aromatic rings. The van der Waals surface area contributed by atoms with Gasteiger partial charge in [0.15, 0.2) is 12.2 Å². The van der Waals surface area contributed by atoms with Crippen molar-refractivity contribution in [2.75, 3.05) is 39.6 Å². The smallest absolute Gasteiger partial charge is 0.462 e. The van der Waals surface area contributed by atoms with Crippen LogP contribution in [-0.2, 0) is 65.4 Å². The van der Waals surface area contributed by atoms with Gasteiger partial charge in [-0.1, -0.05) is 258 Å². The highest BCUT2D eigenvalue weighted by atomic mass is 31.2. The van der Waals surface area contributed by atoms with Crippen molar-refractivity contribution < 1.29 is 80.2 Å². The van der Waals surface area contributed by atoms with Crippen LogP contribution in [-0.4, -0.2) is 96.7 Å². The summed E-state index contributed by atoms with van der Waals surface area (Å²) >= 11 is 0. The molecule has 17 nitrogen and oxygen atoms in total. The van der Waals surface area contributed by atoms with Gasteiger partial charge in [0, 0.05) is 25.7 Å². The van der Waals surface area contributed by atoms with Crippen LogP contribution < -0.4 is 0 Å². The van der Waals surface area contributed by atoms with Gasteiger partial charge in [-0.05, 0) is 148 Å². The normalized spacial score (nSPS) is 14.7. The lowest BCUT2D eigenvalue weighted by Gasteiger charge is -2.21.